The van der Waals surface area contributed by atoms with Crippen molar-refractivity contribution in [1.29, 1.82) is 0 Å². The number of nitrogens with two attached hydrogens (primary N) is 1. The van der Waals surface area contributed by atoms with E-state index in [1.54, 1.807) is 0 Å². The quantitative estimate of drug-likeness (QED) is 0.775. The van der Waals surface area contributed by atoms with Crippen LogP contribution in [0.15, 0.2) is 18.2 Å². The van der Waals surface area contributed by atoms with E-state index in [2.05, 4.69) is 34.8 Å². The monoisotopic (exact) mass is 380 g/mol. The lowest BCUT2D eigenvalue weighted by Gasteiger charge is -2.11. The SMILES string of the molecule is Cc1ccc(NC(=O)C2CCC(N)C2)cc1I.Cl. The van der Waals surface area contributed by atoms with Crippen LogP contribution in [-0.2, 0) is 4.79 Å². The van der Waals surface area contributed by atoms with E-state index in [9.17, 15) is 4.79 Å². The number of aryl methyl sites for hydroxylation is 1. The minimum Gasteiger partial charge on any atom is -0.328 e. The van der Waals surface area contributed by atoms with Crippen molar-refractivity contribution in [3.8, 4) is 0 Å². The van der Waals surface area contributed by atoms with Gasteiger partial charge in [-0.25, -0.2) is 0 Å². The Labute approximate surface area is 127 Å². The first kappa shape index (κ1) is 15.7. The Morgan fingerprint density at radius 1 is 1.44 bits per heavy atom. The van der Waals surface area contributed by atoms with E-state index in [0.29, 0.717) is 0 Å². The molecule has 1 aliphatic carbocycles. The molecule has 1 aliphatic rings. The van der Waals surface area contributed by atoms with Crippen molar-refractivity contribution < 1.29 is 4.79 Å². The number of amides is 1. The van der Waals surface area contributed by atoms with Gasteiger partial charge < -0.3 is 11.1 Å². The van der Waals surface area contributed by atoms with Crippen molar-refractivity contribution in [1.82, 2.24) is 0 Å². The molecule has 100 valence electrons. The highest BCUT2D eigenvalue weighted by atomic mass is 127. The van der Waals surface area contributed by atoms with Gasteiger partial charge in [-0.2, -0.15) is 0 Å². The Kier molecular flexibility index (Phi) is 5.88. The zero-order chi connectivity index (χ0) is 12.4. The lowest BCUT2D eigenvalue weighted by molar-refractivity contribution is -0.119. The summed E-state index contributed by atoms with van der Waals surface area (Å²) >= 11 is 2.28. The maximum atomic E-state index is 12.0. The fourth-order valence-electron chi connectivity index (χ4n) is 2.17. The van der Waals surface area contributed by atoms with Gasteiger partial charge in [0.1, 0.15) is 0 Å². The van der Waals surface area contributed by atoms with Crippen LogP contribution < -0.4 is 11.1 Å². The summed E-state index contributed by atoms with van der Waals surface area (Å²) in [5, 5.41) is 2.97. The van der Waals surface area contributed by atoms with E-state index in [-0.39, 0.29) is 30.3 Å². The van der Waals surface area contributed by atoms with Crippen molar-refractivity contribution in [3.63, 3.8) is 0 Å². The number of benzene rings is 1. The molecule has 1 aromatic carbocycles. The second-order valence-corrected chi connectivity index (χ2v) is 5.89. The molecular weight excluding hydrogens is 363 g/mol. The number of hydrogen-bond acceptors (Lipinski definition) is 2. The summed E-state index contributed by atoms with van der Waals surface area (Å²) in [5.41, 5.74) is 7.93. The maximum absolute atomic E-state index is 12.0. The Bertz CT molecular complexity index is 439. The van der Waals surface area contributed by atoms with Gasteiger partial charge in [-0.15, -0.1) is 12.4 Å². The largest absolute Gasteiger partial charge is 0.328 e. The van der Waals surface area contributed by atoms with Crippen LogP contribution in [0.5, 0.6) is 0 Å². The number of rotatable bonds is 2. The number of nitrogens with one attached hydrogen (secondary N) is 1. The second-order valence-electron chi connectivity index (χ2n) is 4.72. The first-order valence-electron chi connectivity index (χ1n) is 5.89. The number of carbonyl (C=O) groups is 1. The molecule has 0 saturated heterocycles. The molecule has 2 rings (SSSR count). The molecule has 1 amide bonds. The molecule has 3 N–H and O–H groups in total. The highest BCUT2D eigenvalue weighted by Crippen LogP contribution is 2.26. The standard InChI is InChI=1S/C13H17IN2O.ClH/c1-8-2-5-11(7-12(8)14)16-13(17)9-3-4-10(15)6-9;/h2,5,7,9-10H,3-4,6,15H2,1H3,(H,16,17);1H. The highest BCUT2D eigenvalue weighted by molar-refractivity contribution is 14.1. The molecule has 1 saturated carbocycles. The molecule has 2 atom stereocenters. The second kappa shape index (κ2) is 6.73. The normalized spacial score (nSPS) is 22.4. The topological polar surface area (TPSA) is 55.1 Å². The van der Waals surface area contributed by atoms with Crippen LogP contribution in [0.1, 0.15) is 24.8 Å². The van der Waals surface area contributed by atoms with Crippen molar-refractivity contribution in [3.05, 3.63) is 27.3 Å². The maximum Gasteiger partial charge on any atom is 0.227 e. The van der Waals surface area contributed by atoms with E-state index in [0.717, 1.165) is 24.9 Å². The third kappa shape index (κ3) is 3.83. The van der Waals surface area contributed by atoms with Gasteiger partial charge in [0, 0.05) is 21.2 Å². The molecule has 5 heteroatoms. The molecule has 0 radical (unpaired) electrons. The average molecular weight is 381 g/mol. The smallest absolute Gasteiger partial charge is 0.227 e. The van der Waals surface area contributed by atoms with Crippen molar-refractivity contribution >= 4 is 46.6 Å². The predicted octanol–water partition coefficient (Wildman–Crippen LogP) is 3.09. The summed E-state index contributed by atoms with van der Waals surface area (Å²) < 4.78 is 1.17. The van der Waals surface area contributed by atoms with Gasteiger partial charge in [0.2, 0.25) is 5.91 Å². The first-order chi connectivity index (χ1) is 8.06. The predicted molar refractivity (Wildman–Crippen MR) is 85.1 cm³/mol. The minimum absolute atomic E-state index is 0. The number of halogens is 2. The van der Waals surface area contributed by atoms with Crippen LogP contribution in [0.2, 0.25) is 0 Å². The third-order valence-corrected chi connectivity index (χ3v) is 4.45. The number of hydrogen-bond donors (Lipinski definition) is 2. The fraction of sp³-hybridized carbons (Fsp3) is 0.462. The van der Waals surface area contributed by atoms with Crippen LogP contribution >= 0.6 is 35.0 Å². The highest BCUT2D eigenvalue weighted by Gasteiger charge is 2.27. The molecule has 18 heavy (non-hydrogen) atoms. The Hall–Kier alpha value is -0.330. The molecule has 0 aromatic heterocycles. The zero-order valence-electron chi connectivity index (χ0n) is 10.3. The first-order valence-corrected chi connectivity index (χ1v) is 6.96. The van der Waals surface area contributed by atoms with Gasteiger partial charge in [-0.05, 0) is 66.5 Å². The van der Waals surface area contributed by atoms with E-state index in [1.165, 1.54) is 9.13 Å². The Morgan fingerprint density at radius 3 is 2.72 bits per heavy atom. The van der Waals surface area contributed by atoms with Crippen LogP contribution in [0, 0.1) is 16.4 Å². The van der Waals surface area contributed by atoms with Gasteiger partial charge in [0.25, 0.3) is 0 Å². The lowest BCUT2D eigenvalue weighted by Crippen LogP contribution is -2.23. The van der Waals surface area contributed by atoms with Crippen molar-refractivity contribution in [2.45, 2.75) is 32.2 Å². The molecule has 1 fully saturated rings. The van der Waals surface area contributed by atoms with Gasteiger partial charge in [0.15, 0.2) is 0 Å². The summed E-state index contributed by atoms with van der Waals surface area (Å²) in [6.07, 6.45) is 2.69. The van der Waals surface area contributed by atoms with Crippen LogP contribution in [0.25, 0.3) is 0 Å². The van der Waals surface area contributed by atoms with Crippen molar-refractivity contribution in [2.24, 2.45) is 11.7 Å². The molecule has 0 spiro atoms. The van der Waals surface area contributed by atoms with Gasteiger partial charge >= 0.3 is 0 Å². The fourth-order valence-corrected chi connectivity index (χ4v) is 2.68. The summed E-state index contributed by atoms with van der Waals surface area (Å²) in [6, 6.07) is 6.17. The van der Waals surface area contributed by atoms with Crippen LogP contribution in [0.3, 0.4) is 0 Å². The molecular formula is C13H18ClIN2O. The van der Waals surface area contributed by atoms with E-state index in [4.69, 9.17) is 5.73 Å². The van der Waals surface area contributed by atoms with E-state index in [1.807, 2.05) is 18.2 Å². The molecule has 0 aliphatic heterocycles. The zero-order valence-corrected chi connectivity index (χ0v) is 13.3. The summed E-state index contributed by atoms with van der Waals surface area (Å²) in [5.74, 6) is 0.196. The van der Waals surface area contributed by atoms with Gasteiger partial charge in [-0.3, -0.25) is 4.79 Å². The van der Waals surface area contributed by atoms with E-state index < -0.39 is 0 Å². The number of carbonyl (C=O) groups excluding carboxylic acids is 1. The lowest BCUT2D eigenvalue weighted by atomic mass is 10.1. The molecule has 0 bridgehead atoms. The Balaban J connectivity index is 0.00000162. The Morgan fingerprint density at radius 2 is 2.17 bits per heavy atom. The molecule has 3 nitrogen and oxygen atoms in total. The van der Waals surface area contributed by atoms with Crippen molar-refractivity contribution in [2.75, 3.05) is 5.32 Å². The third-order valence-electron chi connectivity index (χ3n) is 3.28. The van der Waals surface area contributed by atoms with Crippen LogP contribution in [-0.4, -0.2) is 11.9 Å². The van der Waals surface area contributed by atoms with Gasteiger partial charge in [-0.1, -0.05) is 6.07 Å². The van der Waals surface area contributed by atoms with Crippen LogP contribution in [0.4, 0.5) is 5.69 Å². The summed E-state index contributed by atoms with van der Waals surface area (Å²) in [7, 11) is 0. The molecule has 0 heterocycles. The van der Waals surface area contributed by atoms with Gasteiger partial charge in [0.05, 0.1) is 0 Å². The molecule has 1 aromatic rings. The summed E-state index contributed by atoms with van der Waals surface area (Å²) in [6.45, 7) is 2.06. The van der Waals surface area contributed by atoms with E-state index >= 15 is 0 Å². The summed E-state index contributed by atoms with van der Waals surface area (Å²) in [4.78, 5) is 12.0. The average Bonchev–Trinajstić information content (AvgIpc) is 2.70. The number of anilines is 1. The minimum atomic E-state index is 0. The molecule has 2 unspecified atom stereocenters.